The second-order valence-corrected chi connectivity index (χ2v) is 8.64. The lowest BCUT2D eigenvalue weighted by atomic mass is 9.94. The highest BCUT2D eigenvalue weighted by molar-refractivity contribution is 6.52. The predicted octanol–water partition coefficient (Wildman–Crippen LogP) is 5.85. The van der Waals surface area contributed by atoms with Crippen molar-refractivity contribution in [2.45, 2.75) is 13.0 Å². The molecule has 0 radical (unpaired) electrons. The number of para-hydroxylation sites is 1. The number of nitrogens with one attached hydrogen (secondary N) is 1. The Morgan fingerprint density at radius 2 is 1.86 bits per heavy atom. The molecule has 1 saturated heterocycles. The Labute approximate surface area is 212 Å². The van der Waals surface area contributed by atoms with Gasteiger partial charge in [0.25, 0.3) is 11.7 Å². The summed E-state index contributed by atoms with van der Waals surface area (Å²) in [5.74, 6) is -0.951. The van der Waals surface area contributed by atoms with Gasteiger partial charge < -0.3 is 19.6 Å². The van der Waals surface area contributed by atoms with Crippen molar-refractivity contribution in [3.8, 4) is 11.5 Å². The van der Waals surface area contributed by atoms with Gasteiger partial charge in [0.05, 0.1) is 30.4 Å². The molecule has 0 aliphatic carbocycles. The van der Waals surface area contributed by atoms with Crippen LogP contribution in [0.5, 0.6) is 11.5 Å². The maximum absolute atomic E-state index is 13.5. The highest BCUT2D eigenvalue weighted by Crippen LogP contribution is 2.45. The van der Waals surface area contributed by atoms with Crippen molar-refractivity contribution in [2.75, 3.05) is 18.6 Å². The van der Waals surface area contributed by atoms with Gasteiger partial charge in [0, 0.05) is 40.0 Å². The number of H-pyrrole nitrogens is 1. The molecule has 0 bridgehead atoms. The van der Waals surface area contributed by atoms with Crippen LogP contribution in [0.4, 0.5) is 5.69 Å². The number of hydrogen-bond donors (Lipinski definition) is 2. The van der Waals surface area contributed by atoms with E-state index >= 15 is 0 Å². The molecule has 5 rings (SSSR count). The van der Waals surface area contributed by atoms with Gasteiger partial charge in [-0.2, -0.15) is 0 Å². The summed E-state index contributed by atoms with van der Waals surface area (Å²) >= 11 is 6.40. The number of hydrogen-bond acceptors (Lipinski definition) is 5. The average molecular weight is 503 g/mol. The topological polar surface area (TPSA) is 91.9 Å². The van der Waals surface area contributed by atoms with Crippen LogP contribution in [0.15, 0.2) is 78.5 Å². The second-order valence-electron chi connectivity index (χ2n) is 8.23. The van der Waals surface area contributed by atoms with Crippen LogP contribution < -0.4 is 14.4 Å². The van der Waals surface area contributed by atoms with E-state index in [9.17, 15) is 14.7 Å². The molecule has 1 aliphatic heterocycles. The SMILES string of the molecule is CCOc1cccc(N2C(=O)C(=O)/C(=C(/O)c3cc(OC)ccc3Cl)C2c2c[nH]c3ccccc23)c1. The number of carbonyl (C=O) groups is 2. The number of Topliss-reactive ketones (excluding diaryl/α,β-unsaturated/α-hetero) is 1. The van der Waals surface area contributed by atoms with Crippen LogP contribution in [0.1, 0.15) is 24.1 Å². The molecule has 7 nitrogen and oxygen atoms in total. The fourth-order valence-corrected chi connectivity index (χ4v) is 4.77. The number of carbonyl (C=O) groups excluding carboxylic acids is 2. The van der Waals surface area contributed by atoms with Gasteiger partial charge in [0.1, 0.15) is 17.3 Å². The lowest BCUT2D eigenvalue weighted by Gasteiger charge is -2.25. The Kier molecular flexibility index (Phi) is 6.16. The molecule has 3 aromatic carbocycles. The first-order valence-corrected chi connectivity index (χ1v) is 11.8. The van der Waals surface area contributed by atoms with Crippen LogP contribution >= 0.6 is 11.6 Å². The number of nitrogens with zero attached hydrogens (tertiary/aromatic N) is 1. The summed E-state index contributed by atoms with van der Waals surface area (Å²) in [5, 5.41) is 12.5. The van der Waals surface area contributed by atoms with Crippen molar-refractivity contribution in [1.82, 2.24) is 4.98 Å². The van der Waals surface area contributed by atoms with Crippen LogP contribution in [0.25, 0.3) is 16.7 Å². The first-order chi connectivity index (χ1) is 17.4. The molecule has 0 saturated carbocycles. The largest absolute Gasteiger partial charge is 0.507 e. The van der Waals surface area contributed by atoms with Crippen molar-refractivity contribution in [3.05, 3.63) is 94.6 Å². The molecular formula is C28H23ClN2O5. The molecule has 0 spiro atoms. The van der Waals surface area contributed by atoms with E-state index in [1.54, 1.807) is 42.6 Å². The minimum atomic E-state index is -0.916. The zero-order valence-corrected chi connectivity index (χ0v) is 20.4. The number of ether oxygens (including phenoxy) is 2. The quantitative estimate of drug-likeness (QED) is 0.196. The third-order valence-electron chi connectivity index (χ3n) is 6.20. The Balaban J connectivity index is 1.78. The third kappa shape index (κ3) is 3.87. The lowest BCUT2D eigenvalue weighted by molar-refractivity contribution is -0.132. The van der Waals surface area contributed by atoms with E-state index in [2.05, 4.69) is 4.98 Å². The van der Waals surface area contributed by atoms with Crippen molar-refractivity contribution in [3.63, 3.8) is 0 Å². The van der Waals surface area contributed by atoms with E-state index in [0.717, 1.165) is 10.9 Å². The molecule has 182 valence electrons. The summed E-state index contributed by atoms with van der Waals surface area (Å²) in [5.41, 5.74) is 2.09. The Hall–Kier alpha value is -4.23. The molecule has 4 aromatic rings. The normalized spacial score (nSPS) is 17.1. The van der Waals surface area contributed by atoms with Crippen LogP contribution in [0.2, 0.25) is 5.02 Å². The number of aliphatic hydroxyl groups excluding tert-OH is 1. The fourth-order valence-electron chi connectivity index (χ4n) is 4.56. The average Bonchev–Trinajstić information content (AvgIpc) is 3.43. The summed E-state index contributed by atoms with van der Waals surface area (Å²) in [6.07, 6.45) is 1.75. The molecule has 2 N–H and O–H groups in total. The molecular weight excluding hydrogens is 480 g/mol. The van der Waals surface area contributed by atoms with Gasteiger partial charge in [0.15, 0.2) is 0 Å². The number of aromatic nitrogens is 1. The first kappa shape index (κ1) is 23.5. The van der Waals surface area contributed by atoms with Gasteiger partial charge in [-0.05, 0) is 43.3 Å². The van der Waals surface area contributed by atoms with Gasteiger partial charge in [-0.1, -0.05) is 35.9 Å². The van der Waals surface area contributed by atoms with Gasteiger partial charge in [0.2, 0.25) is 0 Å². The number of ketones is 1. The summed E-state index contributed by atoms with van der Waals surface area (Å²) < 4.78 is 10.9. The summed E-state index contributed by atoms with van der Waals surface area (Å²) in [6, 6.07) is 18.4. The minimum Gasteiger partial charge on any atom is -0.507 e. The molecule has 1 unspecified atom stereocenters. The van der Waals surface area contributed by atoms with Gasteiger partial charge in [-0.3, -0.25) is 14.5 Å². The Morgan fingerprint density at radius 1 is 1.06 bits per heavy atom. The van der Waals surface area contributed by atoms with Crippen LogP contribution in [-0.2, 0) is 9.59 Å². The van der Waals surface area contributed by atoms with Gasteiger partial charge >= 0.3 is 0 Å². The summed E-state index contributed by atoms with van der Waals surface area (Å²) in [7, 11) is 1.49. The summed E-state index contributed by atoms with van der Waals surface area (Å²) in [6.45, 7) is 2.31. The molecule has 1 atom stereocenters. The van der Waals surface area contributed by atoms with E-state index in [1.807, 2.05) is 31.2 Å². The predicted molar refractivity (Wildman–Crippen MR) is 139 cm³/mol. The van der Waals surface area contributed by atoms with Gasteiger partial charge in [-0.25, -0.2) is 0 Å². The number of aliphatic hydroxyl groups is 1. The molecule has 1 fully saturated rings. The summed E-state index contributed by atoms with van der Waals surface area (Å²) in [4.78, 5) is 31.6. The van der Waals surface area contributed by atoms with Crippen molar-refractivity contribution < 1.29 is 24.2 Å². The van der Waals surface area contributed by atoms with Crippen molar-refractivity contribution >= 4 is 45.6 Å². The third-order valence-corrected chi connectivity index (χ3v) is 6.53. The highest BCUT2D eigenvalue weighted by Gasteiger charge is 2.48. The standard InChI is InChI=1S/C28H23ClN2O5/c1-3-36-18-8-6-7-16(13-18)31-25(21-15-30-23-10-5-4-9-19(21)23)24(27(33)28(31)34)26(32)20-14-17(35-2)11-12-22(20)29/h4-15,25,30,32H,3H2,1-2H3/b26-24+. The number of rotatable bonds is 6. The minimum absolute atomic E-state index is 0.0679. The number of aromatic amines is 1. The lowest BCUT2D eigenvalue weighted by Crippen LogP contribution is -2.29. The fraction of sp³-hybridized carbons (Fsp3) is 0.143. The molecule has 2 heterocycles. The molecule has 36 heavy (non-hydrogen) atoms. The zero-order valence-electron chi connectivity index (χ0n) is 19.6. The number of methoxy groups -OCH3 is 1. The second kappa shape index (κ2) is 9.43. The Morgan fingerprint density at radius 3 is 2.64 bits per heavy atom. The molecule has 8 heteroatoms. The smallest absolute Gasteiger partial charge is 0.300 e. The Bertz CT molecular complexity index is 1520. The highest BCUT2D eigenvalue weighted by atomic mass is 35.5. The first-order valence-electron chi connectivity index (χ1n) is 11.4. The van der Waals surface area contributed by atoms with E-state index < -0.39 is 17.7 Å². The number of amides is 1. The molecule has 1 aromatic heterocycles. The van der Waals surface area contributed by atoms with E-state index in [0.29, 0.717) is 29.4 Å². The number of benzene rings is 3. The van der Waals surface area contributed by atoms with E-state index in [4.69, 9.17) is 21.1 Å². The molecule has 1 amide bonds. The van der Waals surface area contributed by atoms with Crippen molar-refractivity contribution in [2.24, 2.45) is 0 Å². The maximum atomic E-state index is 13.5. The van der Waals surface area contributed by atoms with Crippen LogP contribution in [-0.4, -0.2) is 35.5 Å². The van der Waals surface area contributed by atoms with E-state index in [1.165, 1.54) is 18.1 Å². The van der Waals surface area contributed by atoms with Crippen LogP contribution in [0, 0.1) is 0 Å². The maximum Gasteiger partial charge on any atom is 0.300 e. The zero-order chi connectivity index (χ0) is 25.4. The van der Waals surface area contributed by atoms with Crippen molar-refractivity contribution in [1.29, 1.82) is 0 Å². The monoisotopic (exact) mass is 502 g/mol. The van der Waals surface area contributed by atoms with Gasteiger partial charge in [-0.15, -0.1) is 0 Å². The van der Waals surface area contributed by atoms with Crippen LogP contribution in [0.3, 0.4) is 0 Å². The molecule has 1 aliphatic rings. The van der Waals surface area contributed by atoms with E-state index in [-0.39, 0.29) is 21.9 Å². The number of anilines is 1. The number of halogens is 1. The number of fused-ring (bicyclic) bond motifs is 1.